The zero-order chi connectivity index (χ0) is 23.7. The molecule has 4 aromatic rings. The molecule has 0 aliphatic carbocycles. The van der Waals surface area contributed by atoms with Crippen molar-refractivity contribution in [3.05, 3.63) is 85.8 Å². The minimum Gasteiger partial charge on any atom is -0.494 e. The van der Waals surface area contributed by atoms with Gasteiger partial charge in [-0.1, -0.05) is 15.9 Å². The number of nitrogens with zero attached hydrogens (tertiary/aromatic N) is 3. The van der Waals surface area contributed by atoms with Gasteiger partial charge >= 0.3 is 5.91 Å². The fourth-order valence-corrected chi connectivity index (χ4v) is 3.97. The van der Waals surface area contributed by atoms with Crippen LogP contribution in [0.2, 0.25) is 0 Å². The summed E-state index contributed by atoms with van der Waals surface area (Å²) < 4.78 is 13.7. The molecule has 0 bridgehead atoms. The zero-order valence-electron chi connectivity index (χ0n) is 18.0. The number of ether oxygens (including phenoxy) is 1. The second-order valence-electron chi connectivity index (χ2n) is 7.27. The molecular weight excluding hydrogens is 492 g/mol. The van der Waals surface area contributed by atoms with Crippen LogP contribution in [0, 0.1) is 24.0 Å². The molecule has 9 nitrogen and oxygen atoms in total. The highest BCUT2D eigenvalue weighted by Crippen LogP contribution is 2.31. The molecule has 1 amide bonds. The number of hydrogen-bond acceptors (Lipinski definition) is 6. The van der Waals surface area contributed by atoms with Crippen LogP contribution >= 0.6 is 15.9 Å². The lowest BCUT2D eigenvalue weighted by molar-refractivity contribution is -0.384. The first-order valence-electron chi connectivity index (χ1n) is 9.82. The molecule has 0 aliphatic rings. The normalized spacial score (nSPS) is 11.3. The summed E-state index contributed by atoms with van der Waals surface area (Å²) in [6.07, 6.45) is 1.54. The molecule has 1 N–H and O–H groups in total. The molecule has 0 radical (unpaired) electrons. The Kier molecular flexibility index (Phi) is 6.01. The fourth-order valence-electron chi connectivity index (χ4n) is 3.60. The van der Waals surface area contributed by atoms with Gasteiger partial charge in [0.05, 0.1) is 30.0 Å². The van der Waals surface area contributed by atoms with Crippen molar-refractivity contribution < 1.29 is 18.9 Å². The Hall–Kier alpha value is -3.92. The van der Waals surface area contributed by atoms with E-state index < -0.39 is 10.8 Å². The lowest BCUT2D eigenvalue weighted by Gasteiger charge is -2.13. The van der Waals surface area contributed by atoms with Gasteiger partial charge in [-0.25, -0.2) is 5.43 Å². The van der Waals surface area contributed by atoms with E-state index in [1.54, 1.807) is 18.2 Å². The number of halogens is 1. The molecule has 4 rings (SSSR count). The van der Waals surface area contributed by atoms with Crippen molar-refractivity contribution >= 4 is 44.7 Å². The topological polar surface area (TPSA) is 112 Å². The Morgan fingerprint density at radius 3 is 2.73 bits per heavy atom. The number of aromatic nitrogens is 1. The highest BCUT2D eigenvalue weighted by atomic mass is 79.9. The van der Waals surface area contributed by atoms with E-state index in [1.165, 1.54) is 25.5 Å². The number of aryl methyl sites for hydroxylation is 1. The standard InChI is InChI=1S/C23H19BrN4O5/c1-13-8-16(14(2)27(13)19-6-5-18(28(30)31)11-21(19)32-3)12-25-26-23(29)22-10-15-9-17(24)4-7-20(15)33-22/h4-12H,1-3H3,(H,26,29). The largest absolute Gasteiger partial charge is 0.494 e. The molecule has 0 spiro atoms. The van der Waals surface area contributed by atoms with Crippen LogP contribution in [0.25, 0.3) is 16.7 Å². The van der Waals surface area contributed by atoms with Crippen molar-refractivity contribution in [2.75, 3.05) is 7.11 Å². The third-order valence-corrected chi connectivity index (χ3v) is 5.65. The summed E-state index contributed by atoms with van der Waals surface area (Å²) in [5, 5.41) is 16.0. The molecule has 168 valence electrons. The molecule has 0 fully saturated rings. The van der Waals surface area contributed by atoms with Gasteiger partial charge in [0.2, 0.25) is 0 Å². The average Bonchev–Trinajstić information content (AvgIpc) is 3.33. The van der Waals surface area contributed by atoms with Gasteiger partial charge in [0, 0.05) is 32.9 Å². The summed E-state index contributed by atoms with van der Waals surface area (Å²) >= 11 is 3.39. The number of nitro groups is 1. The fraction of sp³-hybridized carbons (Fsp3) is 0.130. The summed E-state index contributed by atoms with van der Waals surface area (Å²) in [4.78, 5) is 23.0. The maximum atomic E-state index is 12.4. The smallest absolute Gasteiger partial charge is 0.307 e. The highest BCUT2D eigenvalue weighted by Gasteiger charge is 2.17. The average molecular weight is 511 g/mol. The van der Waals surface area contributed by atoms with E-state index in [4.69, 9.17) is 9.15 Å². The van der Waals surface area contributed by atoms with E-state index in [2.05, 4.69) is 26.5 Å². The number of hydrogen-bond donors (Lipinski definition) is 1. The Morgan fingerprint density at radius 1 is 1.21 bits per heavy atom. The van der Waals surface area contributed by atoms with Crippen LogP contribution in [0.5, 0.6) is 5.75 Å². The first-order chi connectivity index (χ1) is 15.8. The quantitative estimate of drug-likeness (QED) is 0.215. The highest BCUT2D eigenvalue weighted by molar-refractivity contribution is 9.10. The molecule has 10 heteroatoms. The first kappa shape index (κ1) is 22.3. The third-order valence-electron chi connectivity index (χ3n) is 5.16. The number of methoxy groups -OCH3 is 1. The van der Waals surface area contributed by atoms with Gasteiger partial charge in [-0.3, -0.25) is 14.9 Å². The van der Waals surface area contributed by atoms with Gasteiger partial charge in [0.25, 0.3) is 5.69 Å². The molecule has 0 atom stereocenters. The van der Waals surface area contributed by atoms with Crippen LogP contribution in [-0.2, 0) is 0 Å². The van der Waals surface area contributed by atoms with Crippen molar-refractivity contribution in [1.82, 2.24) is 9.99 Å². The van der Waals surface area contributed by atoms with Gasteiger partial charge in [0.1, 0.15) is 11.3 Å². The number of carbonyl (C=O) groups excluding carboxylic acids is 1. The van der Waals surface area contributed by atoms with Gasteiger partial charge in [-0.05, 0) is 50.2 Å². The van der Waals surface area contributed by atoms with Crippen LogP contribution in [-0.4, -0.2) is 28.7 Å². The number of rotatable bonds is 6. The summed E-state index contributed by atoms with van der Waals surface area (Å²) in [6, 6.07) is 13.5. The predicted octanol–water partition coefficient (Wildman–Crippen LogP) is 5.28. The van der Waals surface area contributed by atoms with Crippen molar-refractivity contribution in [3.8, 4) is 11.4 Å². The number of fused-ring (bicyclic) bond motifs is 1. The number of nitro benzene ring substituents is 1. The van der Waals surface area contributed by atoms with Crippen LogP contribution < -0.4 is 10.2 Å². The molecule has 2 heterocycles. The van der Waals surface area contributed by atoms with E-state index in [0.717, 1.165) is 26.8 Å². The molecule has 0 saturated heterocycles. The lowest BCUT2D eigenvalue weighted by atomic mass is 10.2. The Morgan fingerprint density at radius 2 is 2.00 bits per heavy atom. The van der Waals surface area contributed by atoms with Crippen molar-refractivity contribution in [3.63, 3.8) is 0 Å². The lowest BCUT2D eigenvalue weighted by Crippen LogP contribution is -2.16. The Labute approximate surface area is 196 Å². The molecule has 0 saturated carbocycles. The predicted molar refractivity (Wildman–Crippen MR) is 127 cm³/mol. The SMILES string of the molecule is COc1cc([N+](=O)[O-])ccc1-n1c(C)cc(C=NNC(=O)c2cc3cc(Br)ccc3o2)c1C. The van der Waals surface area contributed by atoms with E-state index in [1.807, 2.05) is 36.6 Å². The van der Waals surface area contributed by atoms with E-state index in [-0.39, 0.29) is 11.4 Å². The number of furan rings is 1. The second kappa shape index (κ2) is 8.91. The Bertz CT molecular complexity index is 1420. The summed E-state index contributed by atoms with van der Waals surface area (Å²) in [5.74, 6) is 0.0603. The molecular formula is C23H19BrN4O5. The molecule has 33 heavy (non-hydrogen) atoms. The Balaban J connectivity index is 1.57. The van der Waals surface area contributed by atoms with Crippen molar-refractivity contribution in [1.29, 1.82) is 0 Å². The summed E-state index contributed by atoms with van der Waals surface area (Å²) in [6.45, 7) is 3.78. The van der Waals surface area contributed by atoms with Gasteiger partial charge in [0.15, 0.2) is 5.76 Å². The molecule has 0 aliphatic heterocycles. The maximum Gasteiger partial charge on any atom is 0.307 e. The number of carbonyl (C=O) groups is 1. The van der Waals surface area contributed by atoms with Crippen molar-refractivity contribution in [2.45, 2.75) is 13.8 Å². The van der Waals surface area contributed by atoms with Gasteiger partial charge in [-0.2, -0.15) is 5.10 Å². The van der Waals surface area contributed by atoms with Crippen LogP contribution in [0.4, 0.5) is 5.69 Å². The van der Waals surface area contributed by atoms with E-state index >= 15 is 0 Å². The van der Waals surface area contributed by atoms with Gasteiger partial charge in [-0.15, -0.1) is 0 Å². The minimum atomic E-state index is -0.469. The number of amides is 1. The molecule has 2 aromatic heterocycles. The van der Waals surface area contributed by atoms with Crippen LogP contribution in [0.1, 0.15) is 27.5 Å². The maximum absolute atomic E-state index is 12.4. The first-order valence-corrected chi connectivity index (χ1v) is 10.6. The zero-order valence-corrected chi connectivity index (χ0v) is 19.5. The minimum absolute atomic E-state index is 0.0551. The number of nitrogens with one attached hydrogen (secondary N) is 1. The van der Waals surface area contributed by atoms with E-state index in [0.29, 0.717) is 17.0 Å². The van der Waals surface area contributed by atoms with Crippen LogP contribution in [0.15, 0.2) is 62.5 Å². The second-order valence-corrected chi connectivity index (χ2v) is 8.18. The summed E-state index contributed by atoms with van der Waals surface area (Å²) in [5.41, 5.74) is 6.15. The third kappa shape index (κ3) is 4.37. The molecule has 0 unspecified atom stereocenters. The summed E-state index contributed by atoms with van der Waals surface area (Å²) in [7, 11) is 1.46. The van der Waals surface area contributed by atoms with E-state index in [9.17, 15) is 14.9 Å². The van der Waals surface area contributed by atoms with Crippen LogP contribution in [0.3, 0.4) is 0 Å². The monoisotopic (exact) mass is 510 g/mol. The molecule has 2 aromatic carbocycles. The van der Waals surface area contributed by atoms with Crippen molar-refractivity contribution in [2.24, 2.45) is 5.10 Å². The number of hydrazone groups is 1. The van der Waals surface area contributed by atoms with Gasteiger partial charge < -0.3 is 13.7 Å². The number of non-ortho nitro benzene ring substituents is 1. The number of benzene rings is 2.